The molecule has 2 atom stereocenters. The second-order valence-electron chi connectivity index (χ2n) is 5.22. The first-order chi connectivity index (χ1) is 9.20. The Bertz CT molecular complexity index is 467. The summed E-state index contributed by atoms with van der Waals surface area (Å²) >= 11 is 9.88. The minimum atomic E-state index is 0.0352. The molecule has 3 nitrogen and oxygen atoms in total. The zero-order valence-corrected chi connectivity index (χ0v) is 13.0. The molecule has 3 rings (SSSR count). The van der Waals surface area contributed by atoms with Crippen molar-refractivity contribution >= 4 is 27.5 Å². The van der Waals surface area contributed by atoms with E-state index in [0.29, 0.717) is 12.6 Å². The van der Waals surface area contributed by atoms with Gasteiger partial charge in [0.05, 0.1) is 18.8 Å². The Kier molecular flexibility index (Phi) is 4.15. The molecule has 1 aromatic carbocycles. The molecule has 1 heterocycles. The second-order valence-corrected chi connectivity index (χ2v) is 6.55. The van der Waals surface area contributed by atoms with Crippen molar-refractivity contribution in [2.75, 3.05) is 19.7 Å². The van der Waals surface area contributed by atoms with E-state index in [0.717, 1.165) is 28.2 Å². The van der Waals surface area contributed by atoms with Gasteiger partial charge in [0.15, 0.2) is 0 Å². The molecule has 1 aliphatic carbocycles. The first-order valence-electron chi connectivity index (χ1n) is 6.73. The molecule has 19 heavy (non-hydrogen) atoms. The fourth-order valence-electron chi connectivity index (χ4n) is 2.89. The smallest absolute Gasteiger partial charge is 0.0894 e. The molecule has 1 aliphatic heterocycles. The zero-order valence-electron chi connectivity index (χ0n) is 10.7. The van der Waals surface area contributed by atoms with Crippen LogP contribution in [0.5, 0.6) is 0 Å². The van der Waals surface area contributed by atoms with E-state index < -0.39 is 0 Å². The Hall–Kier alpha value is -0.130. The van der Waals surface area contributed by atoms with Crippen LogP contribution in [0, 0.1) is 0 Å². The van der Waals surface area contributed by atoms with Crippen molar-refractivity contribution in [1.29, 1.82) is 0 Å². The third kappa shape index (κ3) is 2.83. The fourth-order valence-corrected chi connectivity index (χ4v) is 3.67. The topological polar surface area (TPSA) is 38.5 Å². The molecule has 1 saturated carbocycles. The van der Waals surface area contributed by atoms with E-state index in [1.54, 1.807) is 0 Å². The SMILES string of the molecule is NCC1OCCN(C2CC2)C1c1ccc(Br)cc1Cl. The third-order valence-corrected chi connectivity index (χ3v) is 4.74. The summed E-state index contributed by atoms with van der Waals surface area (Å²) in [5, 5.41) is 0.786. The molecule has 0 spiro atoms. The van der Waals surface area contributed by atoms with Gasteiger partial charge in [-0.2, -0.15) is 0 Å². The van der Waals surface area contributed by atoms with Gasteiger partial charge in [-0.1, -0.05) is 33.6 Å². The molecular formula is C14H18BrClN2O. The van der Waals surface area contributed by atoms with Gasteiger partial charge in [-0.3, -0.25) is 4.90 Å². The van der Waals surface area contributed by atoms with Crippen LogP contribution in [-0.2, 0) is 4.74 Å². The van der Waals surface area contributed by atoms with Gasteiger partial charge in [-0.25, -0.2) is 0 Å². The van der Waals surface area contributed by atoms with E-state index in [4.69, 9.17) is 22.1 Å². The zero-order chi connectivity index (χ0) is 13.4. The van der Waals surface area contributed by atoms with Crippen LogP contribution >= 0.6 is 27.5 Å². The molecule has 0 bridgehead atoms. The summed E-state index contributed by atoms with van der Waals surface area (Å²) in [7, 11) is 0. The van der Waals surface area contributed by atoms with Gasteiger partial charge in [-0.05, 0) is 30.5 Å². The van der Waals surface area contributed by atoms with Gasteiger partial charge in [0.2, 0.25) is 0 Å². The van der Waals surface area contributed by atoms with Gasteiger partial charge >= 0.3 is 0 Å². The second kappa shape index (κ2) is 5.70. The Morgan fingerprint density at radius 2 is 2.21 bits per heavy atom. The van der Waals surface area contributed by atoms with Gasteiger partial charge < -0.3 is 10.5 Å². The average molecular weight is 346 g/mol. The predicted molar refractivity (Wildman–Crippen MR) is 80.4 cm³/mol. The lowest BCUT2D eigenvalue weighted by Crippen LogP contribution is -2.49. The maximum atomic E-state index is 6.42. The van der Waals surface area contributed by atoms with Crippen LogP contribution in [0.2, 0.25) is 5.02 Å². The minimum Gasteiger partial charge on any atom is -0.374 e. The summed E-state index contributed by atoms with van der Waals surface area (Å²) in [5.74, 6) is 0. The average Bonchev–Trinajstić information content (AvgIpc) is 3.22. The lowest BCUT2D eigenvalue weighted by molar-refractivity contribution is -0.0712. The summed E-state index contributed by atoms with van der Waals surface area (Å²) in [6.45, 7) is 2.27. The summed E-state index contributed by atoms with van der Waals surface area (Å²) in [4.78, 5) is 2.52. The van der Waals surface area contributed by atoms with E-state index in [-0.39, 0.29) is 12.1 Å². The molecule has 2 aliphatic rings. The number of rotatable bonds is 3. The highest BCUT2D eigenvalue weighted by atomic mass is 79.9. The molecule has 0 amide bonds. The van der Waals surface area contributed by atoms with Crippen LogP contribution in [0.4, 0.5) is 0 Å². The normalized spacial score (nSPS) is 28.6. The Morgan fingerprint density at radius 1 is 1.42 bits per heavy atom. The number of halogens is 2. The highest BCUT2D eigenvalue weighted by Crippen LogP contribution is 2.41. The first kappa shape index (κ1) is 13.8. The highest BCUT2D eigenvalue weighted by Gasteiger charge is 2.41. The fraction of sp³-hybridized carbons (Fsp3) is 0.571. The minimum absolute atomic E-state index is 0.0352. The molecule has 1 saturated heterocycles. The van der Waals surface area contributed by atoms with Crippen molar-refractivity contribution in [3.63, 3.8) is 0 Å². The van der Waals surface area contributed by atoms with Crippen molar-refractivity contribution < 1.29 is 4.74 Å². The van der Waals surface area contributed by atoms with Crippen molar-refractivity contribution in [2.24, 2.45) is 5.73 Å². The maximum Gasteiger partial charge on any atom is 0.0894 e. The maximum absolute atomic E-state index is 6.42. The van der Waals surface area contributed by atoms with Crippen LogP contribution < -0.4 is 5.73 Å². The lowest BCUT2D eigenvalue weighted by Gasteiger charge is -2.41. The Labute approximate surface area is 127 Å². The molecule has 0 aromatic heterocycles. The monoisotopic (exact) mass is 344 g/mol. The number of nitrogens with two attached hydrogens (primary N) is 1. The van der Waals surface area contributed by atoms with Gasteiger partial charge in [0, 0.05) is 28.6 Å². The Balaban J connectivity index is 1.95. The summed E-state index contributed by atoms with van der Waals surface area (Å²) in [6.07, 6.45) is 2.59. The van der Waals surface area contributed by atoms with E-state index in [1.807, 2.05) is 12.1 Å². The Morgan fingerprint density at radius 3 is 2.84 bits per heavy atom. The summed E-state index contributed by atoms with van der Waals surface area (Å²) in [5.41, 5.74) is 7.02. The number of hydrogen-bond acceptors (Lipinski definition) is 3. The van der Waals surface area contributed by atoms with Gasteiger partial charge in [0.25, 0.3) is 0 Å². The first-order valence-corrected chi connectivity index (χ1v) is 7.90. The summed E-state index contributed by atoms with van der Waals surface area (Å²) in [6, 6.07) is 6.94. The molecule has 5 heteroatoms. The molecule has 1 aromatic rings. The van der Waals surface area contributed by atoms with E-state index in [9.17, 15) is 0 Å². The molecule has 2 N–H and O–H groups in total. The summed E-state index contributed by atoms with van der Waals surface area (Å²) < 4.78 is 6.85. The van der Waals surface area contributed by atoms with Crippen LogP contribution in [0.15, 0.2) is 22.7 Å². The number of benzene rings is 1. The molecule has 2 fully saturated rings. The van der Waals surface area contributed by atoms with Gasteiger partial charge in [-0.15, -0.1) is 0 Å². The van der Waals surface area contributed by atoms with Crippen LogP contribution in [0.1, 0.15) is 24.4 Å². The lowest BCUT2D eigenvalue weighted by atomic mass is 9.97. The van der Waals surface area contributed by atoms with E-state index in [1.165, 1.54) is 12.8 Å². The van der Waals surface area contributed by atoms with Crippen molar-refractivity contribution in [3.8, 4) is 0 Å². The van der Waals surface area contributed by atoms with Crippen LogP contribution in [0.3, 0.4) is 0 Å². The quantitative estimate of drug-likeness (QED) is 0.915. The highest BCUT2D eigenvalue weighted by molar-refractivity contribution is 9.10. The number of morpholine rings is 1. The number of nitrogens with zero attached hydrogens (tertiary/aromatic N) is 1. The van der Waals surface area contributed by atoms with Crippen molar-refractivity contribution in [1.82, 2.24) is 4.90 Å². The standard InChI is InChI=1S/C14H18BrClN2O/c15-9-1-4-11(12(16)7-9)14-13(8-17)19-6-5-18(14)10-2-3-10/h1,4,7,10,13-14H,2-3,5-6,8,17H2. The molecular weight excluding hydrogens is 328 g/mol. The number of ether oxygens (including phenoxy) is 1. The van der Waals surface area contributed by atoms with Crippen LogP contribution in [0.25, 0.3) is 0 Å². The molecule has 0 radical (unpaired) electrons. The van der Waals surface area contributed by atoms with Crippen molar-refractivity contribution in [2.45, 2.75) is 31.0 Å². The van der Waals surface area contributed by atoms with E-state index >= 15 is 0 Å². The molecule has 104 valence electrons. The predicted octanol–water partition coefficient (Wildman–Crippen LogP) is 2.97. The number of hydrogen-bond donors (Lipinski definition) is 1. The van der Waals surface area contributed by atoms with Crippen molar-refractivity contribution in [3.05, 3.63) is 33.3 Å². The molecule has 2 unspecified atom stereocenters. The third-order valence-electron chi connectivity index (χ3n) is 3.92. The largest absolute Gasteiger partial charge is 0.374 e. The van der Waals surface area contributed by atoms with E-state index in [2.05, 4.69) is 26.9 Å². The van der Waals surface area contributed by atoms with Crippen LogP contribution in [-0.4, -0.2) is 36.7 Å². The van der Waals surface area contributed by atoms with Gasteiger partial charge in [0.1, 0.15) is 0 Å².